The van der Waals surface area contributed by atoms with E-state index >= 15 is 0 Å². The molecule has 1 aromatic carbocycles. The third kappa shape index (κ3) is 2.88. The van der Waals surface area contributed by atoms with Gasteiger partial charge in [0.25, 0.3) is 15.9 Å². The number of H-pyrrole nitrogens is 1. The van der Waals surface area contributed by atoms with E-state index < -0.39 is 15.8 Å². The lowest BCUT2D eigenvalue weighted by Crippen LogP contribution is -2.15. The summed E-state index contributed by atoms with van der Waals surface area (Å²) in [4.78, 5) is 7.32. The largest absolute Gasteiger partial charge is 0.361 e. The molecule has 0 amide bonds. The van der Waals surface area contributed by atoms with Crippen molar-refractivity contribution in [3.63, 3.8) is 0 Å². The SMILES string of the molecule is Cc1[nH]c(C)c(S(=O)(=O)Nc2ccccc2F)c1-c1nc(C2CC2)no1. The van der Waals surface area contributed by atoms with E-state index in [1.54, 1.807) is 19.9 Å². The molecule has 136 valence electrons. The molecule has 3 aromatic rings. The van der Waals surface area contributed by atoms with E-state index in [1.807, 2.05) is 0 Å². The Morgan fingerprint density at radius 1 is 1.23 bits per heavy atom. The van der Waals surface area contributed by atoms with Gasteiger partial charge in [-0.05, 0) is 38.8 Å². The zero-order chi connectivity index (χ0) is 18.5. The zero-order valence-corrected chi connectivity index (χ0v) is 15.0. The monoisotopic (exact) mass is 376 g/mol. The number of aromatic amines is 1. The lowest BCUT2D eigenvalue weighted by Gasteiger charge is -2.09. The van der Waals surface area contributed by atoms with Crippen LogP contribution < -0.4 is 4.72 Å². The highest BCUT2D eigenvalue weighted by atomic mass is 32.2. The molecule has 0 saturated heterocycles. The Labute approximate surface area is 149 Å². The molecule has 0 bridgehead atoms. The van der Waals surface area contributed by atoms with Crippen LogP contribution in [-0.4, -0.2) is 23.5 Å². The molecule has 0 spiro atoms. The smallest absolute Gasteiger partial charge is 0.264 e. The van der Waals surface area contributed by atoms with E-state index in [2.05, 4.69) is 19.8 Å². The Morgan fingerprint density at radius 2 is 1.96 bits per heavy atom. The Hall–Kier alpha value is -2.68. The van der Waals surface area contributed by atoms with Gasteiger partial charge in [0.15, 0.2) is 5.82 Å². The van der Waals surface area contributed by atoms with Gasteiger partial charge in [-0.1, -0.05) is 17.3 Å². The maximum absolute atomic E-state index is 13.9. The number of nitrogens with one attached hydrogen (secondary N) is 2. The van der Waals surface area contributed by atoms with Crippen molar-refractivity contribution >= 4 is 15.7 Å². The highest BCUT2D eigenvalue weighted by molar-refractivity contribution is 7.93. The fourth-order valence-electron chi connectivity index (χ4n) is 2.94. The van der Waals surface area contributed by atoms with E-state index in [0.717, 1.165) is 12.8 Å². The van der Waals surface area contributed by atoms with Gasteiger partial charge in [0.1, 0.15) is 10.7 Å². The Balaban J connectivity index is 1.79. The van der Waals surface area contributed by atoms with Crippen LogP contribution in [0.3, 0.4) is 0 Å². The molecule has 1 aliphatic carbocycles. The van der Waals surface area contributed by atoms with Crippen molar-refractivity contribution in [2.45, 2.75) is 37.5 Å². The molecule has 2 N–H and O–H groups in total. The van der Waals surface area contributed by atoms with Crippen molar-refractivity contribution in [1.82, 2.24) is 15.1 Å². The van der Waals surface area contributed by atoms with Gasteiger partial charge in [0.05, 0.1) is 11.3 Å². The summed E-state index contributed by atoms with van der Waals surface area (Å²) in [5.41, 5.74) is 1.18. The molecule has 9 heteroatoms. The molecule has 0 radical (unpaired) electrons. The highest BCUT2D eigenvalue weighted by Gasteiger charge is 2.33. The van der Waals surface area contributed by atoms with E-state index in [9.17, 15) is 12.8 Å². The Morgan fingerprint density at radius 3 is 2.65 bits per heavy atom. The second-order valence-corrected chi connectivity index (χ2v) is 8.02. The molecule has 2 aromatic heterocycles. The molecule has 0 aliphatic heterocycles. The number of benzene rings is 1. The van der Waals surface area contributed by atoms with E-state index in [4.69, 9.17) is 4.52 Å². The van der Waals surface area contributed by atoms with E-state index in [0.29, 0.717) is 22.8 Å². The number of para-hydroxylation sites is 1. The summed E-state index contributed by atoms with van der Waals surface area (Å²) in [5, 5.41) is 3.95. The van der Waals surface area contributed by atoms with Crippen molar-refractivity contribution in [3.8, 4) is 11.5 Å². The molecular formula is C17H17FN4O3S. The van der Waals surface area contributed by atoms with Gasteiger partial charge in [-0.15, -0.1) is 0 Å². The summed E-state index contributed by atoms with van der Waals surface area (Å²) in [5.74, 6) is 0.354. The Kier molecular flexibility index (Phi) is 3.83. The number of aryl methyl sites for hydroxylation is 2. The fraction of sp³-hybridized carbons (Fsp3) is 0.294. The predicted octanol–water partition coefficient (Wildman–Crippen LogP) is 3.50. The van der Waals surface area contributed by atoms with Gasteiger partial charge in [-0.3, -0.25) is 4.72 Å². The molecule has 1 saturated carbocycles. The number of hydrogen-bond acceptors (Lipinski definition) is 5. The Bertz CT molecular complexity index is 1080. The summed E-state index contributed by atoms with van der Waals surface area (Å²) in [6.45, 7) is 3.36. The standard InChI is InChI=1S/C17H17FN4O3S/c1-9-14(17-20-16(21-25-17)11-7-8-11)15(10(2)19-9)26(23,24)22-13-6-4-3-5-12(13)18/h3-6,11,19,22H,7-8H2,1-2H3. The summed E-state index contributed by atoms with van der Waals surface area (Å²) < 4.78 is 47.4. The zero-order valence-electron chi connectivity index (χ0n) is 14.2. The number of halogens is 1. The molecule has 1 fully saturated rings. The molecule has 26 heavy (non-hydrogen) atoms. The maximum Gasteiger partial charge on any atom is 0.264 e. The average molecular weight is 376 g/mol. The topological polar surface area (TPSA) is 101 Å². The van der Waals surface area contributed by atoms with Crippen molar-refractivity contribution in [3.05, 3.63) is 47.3 Å². The van der Waals surface area contributed by atoms with Crippen molar-refractivity contribution < 1.29 is 17.3 Å². The molecule has 2 heterocycles. The van der Waals surface area contributed by atoms with Gasteiger partial charge >= 0.3 is 0 Å². The van der Waals surface area contributed by atoms with Gasteiger partial charge < -0.3 is 9.51 Å². The summed E-state index contributed by atoms with van der Waals surface area (Å²) in [7, 11) is -4.07. The minimum atomic E-state index is -4.07. The van der Waals surface area contributed by atoms with Crippen LogP contribution in [0.4, 0.5) is 10.1 Å². The van der Waals surface area contributed by atoms with Gasteiger partial charge in [0, 0.05) is 17.3 Å². The van der Waals surface area contributed by atoms with Gasteiger partial charge in [0.2, 0.25) is 0 Å². The van der Waals surface area contributed by atoms with E-state index in [1.165, 1.54) is 18.2 Å². The van der Waals surface area contributed by atoms with Crippen LogP contribution in [0.15, 0.2) is 33.7 Å². The summed E-state index contributed by atoms with van der Waals surface area (Å²) >= 11 is 0. The second kappa shape index (κ2) is 5.94. The van der Waals surface area contributed by atoms with Crippen molar-refractivity contribution in [1.29, 1.82) is 0 Å². The molecule has 1 aliphatic rings. The van der Waals surface area contributed by atoms with Crippen LogP contribution in [0.25, 0.3) is 11.5 Å². The second-order valence-electron chi connectivity index (χ2n) is 6.40. The van der Waals surface area contributed by atoms with Crippen LogP contribution in [0, 0.1) is 19.7 Å². The lowest BCUT2D eigenvalue weighted by molar-refractivity contribution is 0.421. The summed E-state index contributed by atoms with van der Waals surface area (Å²) in [6.07, 6.45) is 2.01. The first-order valence-corrected chi connectivity index (χ1v) is 9.65. The normalized spacial score (nSPS) is 14.6. The maximum atomic E-state index is 13.9. The molecule has 0 atom stereocenters. The molecular weight excluding hydrogens is 359 g/mol. The first-order chi connectivity index (χ1) is 12.4. The average Bonchev–Trinajstić information content (AvgIpc) is 3.23. The van der Waals surface area contributed by atoms with Crippen molar-refractivity contribution in [2.75, 3.05) is 4.72 Å². The van der Waals surface area contributed by atoms with Crippen LogP contribution in [0.5, 0.6) is 0 Å². The van der Waals surface area contributed by atoms with E-state index in [-0.39, 0.29) is 22.4 Å². The summed E-state index contributed by atoms with van der Waals surface area (Å²) in [6, 6.07) is 5.59. The number of sulfonamides is 1. The van der Waals surface area contributed by atoms with Crippen LogP contribution in [-0.2, 0) is 10.0 Å². The van der Waals surface area contributed by atoms with Crippen LogP contribution >= 0.6 is 0 Å². The molecule has 7 nitrogen and oxygen atoms in total. The first-order valence-electron chi connectivity index (χ1n) is 8.17. The number of anilines is 1. The number of nitrogens with zero attached hydrogens (tertiary/aromatic N) is 2. The minimum absolute atomic E-state index is 0.0238. The predicted molar refractivity (Wildman–Crippen MR) is 92.7 cm³/mol. The molecule has 4 rings (SSSR count). The third-order valence-electron chi connectivity index (χ3n) is 4.30. The minimum Gasteiger partial charge on any atom is -0.361 e. The fourth-order valence-corrected chi connectivity index (χ4v) is 4.46. The third-order valence-corrected chi connectivity index (χ3v) is 5.84. The molecule has 0 unspecified atom stereocenters. The lowest BCUT2D eigenvalue weighted by atomic mass is 10.2. The van der Waals surface area contributed by atoms with Gasteiger partial charge in [-0.25, -0.2) is 12.8 Å². The quantitative estimate of drug-likeness (QED) is 0.710. The highest BCUT2D eigenvalue weighted by Crippen LogP contribution is 2.40. The number of hydrogen-bond donors (Lipinski definition) is 2. The van der Waals surface area contributed by atoms with Gasteiger partial charge in [-0.2, -0.15) is 4.98 Å². The van der Waals surface area contributed by atoms with Crippen LogP contribution in [0.2, 0.25) is 0 Å². The van der Waals surface area contributed by atoms with Crippen molar-refractivity contribution in [2.24, 2.45) is 0 Å². The number of rotatable bonds is 5. The number of aromatic nitrogens is 3. The van der Waals surface area contributed by atoms with Crippen LogP contribution in [0.1, 0.15) is 36.0 Å². The first kappa shape index (κ1) is 16.8.